The predicted molar refractivity (Wildman–Crippen MR) is 89.0 cm³/mol. The Hall–Kier alpha value is -1.30. The monoisotopic (exact) mass is 329 g/mol. The number of nitrogen functional groups attached to an aromatic ring is 1. The molecule has 3 N–H and O–H groups in total. The van der Waals surface area contributed by atoms with Crippen LogP contribution < -0.4 is 5.73 Å². The Bertz CT molecular complexity index is 532. The number of rotatable bonds is 3. The van der Waals surface area contributed by atoms with E-state index in [9.17, 15) is 0 Å². The van der Waals surface area contributed by atoms with Gasteiger partial charge in [-0.3, -0.25) is 10.00 Å². The minimum Gasteiger partial charge on any atom is -0.399 e. The standard InChI is InChI=1S/C14H19N5.2ClH/c15-13-5-1-3-11(7-13)8-19-6-2-4-12(9-19)14-16-10-17-18-14;;/h1,3,5,7,10,12H,2,4,6,8-9,15H2,(H,16,17,18);2*1H. The summed E-state index contributed by atoms with van der Waals surface area (Å²) >= 11 is 0. The number of H-pyrrole nitrogens is 1. The number of aromatic nitrogens is 3. The van der Waals surface area contributed by atoms with E-state index in [1.165, 1.54) is 18.4 Å². The van der Waals surface area contributed by atoms with E-state index in [2.05, 4.69) is 32.2 Å². The molecule has 1 unspecified atom stereocenters. The SMILES string of the molecule is Cl.Cl.Nc1cccc(CN2CCCC(c3ncn[nH]3)C2)c1. The molecule has 0 radical (unpaired) electrons. The second kappa shape index (κ2) is 8.22. The van der Waals surface area contributed by atoms with Crippen LogP contribution in [-0.2, 0) is 6.54 Å². The smallest absolute Gasteiger partial charge is 0.137 e. The van der Waals surface area contributed by atoms with Crippen molar-refractivity contribution in [2.45, 2.75) is 25.3 Å². The van der Waals surface area contributed by atoms with Crippen molar-refractivity contribution in [3.05, 3.63) is 42.0 Å². The van der Waals surface area contributed by atoms with Gasteiger partial charge in [-0.1, -0.05) is 12.1 Å². The van der Waals surface area contributed by atoms with Crippen LogP contribution >= 0.6 is 24.8 Å². The summed E-state index contributed by atoms with van der Waals surface area (Å²) in [5.74, 6) is 1.48. The second-order valence-electron chi connectivity index (χ2n) is 5.19. The molecule has 1 aromatic heterocycles. The van der Waals surface area contributed by atoms with Crippen LogP contribution in [-0.4, -0.2) is 33.2 Å². The van der Waals surface area contributed by atoms with Crippen LogP contribution in [0.1, 0.15) is 30.1 Å². The maximum atomic E-state index is 5.83. The fourth-order valence-electron chi connectivity index (χ4n) is 2.78. The van der Waals surface area contributed by atoms with Crippen LogP contribution in [0.25, 0.3) is 0 Å². The normalized spacial score (nSPS) is 18.6. The van der Waals surface area contributed by atoms with Gasteiger partial charge in [0.15, 0.2) is 0 Å². The van der Waals surface area contributed by atoms with E-state index in [0.29, 0.717) is 5.92 Å². The van der Waals surface area contributed by atoms with Crippen molar-refractivity contribution >= 4 is 30.5 Å². The molecule has 2 aromatic rings. The third-order valence-corrected chi connectivity index (χ3v) is 3.68. The maximum Gasteiger partial charge on any atom is 0.137 e. The molecule has 1 aliphatic heterocycles. The molecule has 3 rings (SSSR count). The molecule has 5 nitrogen and oxygen atoms in total. The number of hydrogen-bond donors (Lipinski definition) is 2. The summed E-state index contributed by atoms with van der Waals surface area (Å²) in [6.45, 7) is 3.12. The van der Waals surface area contributed by atoms with Crippen LogP contribution in [0.5, 0.6) is 0 Å². The van der Waals surface area contributed by atoms with Crippen molar-refractivity contribution in [3.63, 3.8) is 0 Å². The molecule has 0 spiro atoms. The fourth-order valence-corrected chi connectivity index (χ4v) is 2.78. The summed E-state index contributed by atoms with van der Waals surface area (Å²) in [5, 5.41) is 6.94. The lowest BCUT2D eigenvalue weighted by molar-refractivity contribution is 0.197. The van der Waals surface area contributed by atoms with Crippen molar-refractivity contribution in [2.24, 2.45) is 0 Å². The Morgan fingerprint density at radius 2 is 2.19 bits per heavy atom. The highest BCUT2D eigenvalue weighted by Gasteiger charge is 2.23. The van der Waals surface area contributed by atoms with Crippen LogP contribution in [0.3, 0.4) is 0 Å². The second-order valence-corrected chi connectivity index (χ2v) is 5.19. The highest BCUT2D eigenvalue weighted by atomic mass is 35.5. The maximum absolute atomic E-state index is 5.83. The summed E-state index contributed by atoms with van der Waals surface area (Å²) in [5.41, 5.74) is 7.94. The van der Waals surface area contributed by atoms with Gasteiger partial charge in [-0.15, -0.1) is 24.8 Å². The van der Waals surface area contributed by atoms with E-state index >= 15 is 0 Å². The van der Waals surface area contributed by atoms with Crippen LogP contribution in [0.2, 0.25) is 0 Å². The molecule has 1 atom stereocenters. The van der Waals surface area contributed by atoms with Crippen molar-refractivity contribution in [1.82, 2.24) is 20.1 Å². The van der Waals surface area contributed by atoms with Gasteiger partial charge in [-0.2, -0.15) is 5.10 Å². The molecule has 0 aliphatic carbocycles. The summed E-state index contributed by atoms with van der Waals surface area (Å²) in [7, 11) is 0. The van der Waals surface area contributed by atoms with Gasteiger partial charge in [0.25, 0.3) is 0 Å². The third kappa shape index (κ3) is 4.59. The first kappa shape index (κ1) is 17.8. The van der Waals surface area contributed by atoms with Gasteiger partial charge in [-0.25, -0.2) is 4.98 Å². The number of hydrogen-bond acceptors (Lipinski definition) is 4. The van der Waals surface area contributed by atoms with E-state index < -0.39 is 0 Å². The minimum atomic E-state index is 0. The number of likely N-dealkylation sites (tertiary alicyclic amines) is 1. The minimum absolute atomic E-state index is 0. The number of nitrogens with one attached hydrogen (secondary N) is 1. The van der Waals surface area contributed by atoms with E-state index in [1.807, 2.05) is 12.1 Å². The summed E-state index contributed by atoms with van der Waals surface area (Å²) in [6.07, 6.45) is 3.97. The van der Waals surface area contributed by atoms with Crippen molar-refractivity contribution in [3.8, 4) is 0 Å². The number of benzene rings is 1. The largest absolute Gasteiger partial charge is 0.399 e. The molecule has 0 amide bonds. The van der Waals surface area contributed by atoms with Gasteiger partial charge in [0.1, 0.15) is 12.2 Å². The first-order chi connectivity index (χ1) is 9.31. The van der Waals surface area contributed by atoms with Gasteiger partial charge in [-0.05, 0) is 37.1 Å². The Morgan fingerprint density at radius 3 is 2.90 bits per heavy atom. The number of piperidine rings is 1. The lowest BCUT2D eigenvalue weighted by Gasteiger charge is -2.31. The summed E-state index contributed by atoms with van der Waals surface area (Å²) < 4.78 is 0. The van der Waals surface area contributed by atoms with Crippen molar-refractivity contribution in [1.29, 1.82) is 0 Å². The molecule has 1 aliphatic rings. The zero-order chi connectivity index (χ0) is 13.1. The van der Waals surface area contributed by atoms with Gasteiger partial charge >= 0.3 is 0 Å². The van der Waals surface area contributed by atoms with E-state index in [1.54, 1.807) is 6.33 Å². The molecular weight excluding hydrogens is 309 g/mol. The molecule has 21 heavy (non-hydrogen) atoms. The third-order valence-electron chi connectivity index (χ3n) is 3.68. The molecule has 1 saturated heterocycles. The highest BCUT2D eigenvalue weighted by molar-refractivity contribution is 5.85. The van der Waals surface area contributed by atoms with E-state index in [4.69, 9.17) is 5.73 Å². The Kier molecular flexibility index (Phi) is 6.95. The van der Waals surface area contributed by atoms with E-state index in [0.717, 1.165) is 31.1 Å². The van der Waals surface area contributed by atoms with Crippen LogP contribution in [0.15, 0.2) is 30.6 Å². The van der Waals surface area contributed by atoms with Crippen molar-refractivity contribution < 1.29 is 0 Å². The number of aromatic amines is 1. The van der Waals surface area contributed by atoms with Crippen LogP contribution in [0, 0.1) is 0 Å². The number of anilines is 1. The molecular formula is C14H21Cl2N5. The van der Waals surface area contributed by atoms with Gasteiger partial charge in [0.2, 0.25) is 0 Å². The average molecular weight is 330 g/mol. The number of nitrogens with two attached hydrogens (primary N) is 1. The molecule has 1 aromatic carbocycles. The summed E-state index contributed by atoms with van der Waals surface area (Å²) in [4.78, 5) is 6.75. The number of nitrogens with zero attached hydrogens (tertiary/aromatic N) is 3. The Morgan fingerprint density at radius 1 is 1.33 bits per heavy atom. The van der Waals surface area contributed by atoms with Crippen LogP contribution in [0.4, 0.5) is 5.69 Å². The zero-order valence-corrected chi connectivity index (χ0v) is 13.4. The lowest BCUT2D eigenvalue weighted by Crippen LogP contribution is -2.34. The Labute approximate surface area is 137 Å². The Balaban J connectivity index is 0.00000110. The fraction of sp³-hybridized carbons (Fsp3) is 0.429. The summed E-state index contributed by atoms with van der Waals surface area (Å²) in [6, 6.07) is 8.13. The topological polar surface area (TPSA) is 70.8 Å². The zero-order valence-electron chi connectivity index (χ0n) is 11.7. The van der Waals surface area contributed by atoms with Gasteiger partial charge in [0.05, 0.1) is 0 Å². The van der Waals surface area contributed by atoms with Gasteiger partial charge < -0.3 is 5.73 Å². The number of halogens is 2. The first-order valence-corrected chi connectivity index (χ1v) is 6.73. The molecule has 7 heteroatoms. The lowest BCUT2D eigenvalue weighted by atomic mass is 9.97. The molecule has 116 valence electrons. The first-order valence-electron chi connectivity index (χ1n) is 6.73. The molecule has 2 heterocycles. The van der Waals surface area contributed by atoms with Gasteiger partial charge in [0, 0.05) is 24.7 Å². The predicted octanol–water partition coefficient (Wildman–Crippen LogP) is 2.61. The van der Waals surface area contributed by atoms with Crippen molar-refractivity contribution in [2.75, 3.05) is 18.8 Å². The molecule has 0 bridgehead atoms. The molecule has 1 fully saturated rings. The molecule has 0 saturated carbocycles. The highest BCUT2D eigenvalue weighted by Crippen LogP contribution is 2.25. The van der Waals surface area contributed by atoms with E-state index in [-0.39, 0.29) is 24.8 Å². The average Bonchev–Trinajstić information content (AvgIpc) is 2.93. The quantitative estimate of drug-likeness (QED) is 0.849.